The van der Waals surface area contributed by atoms with Crippen LogP contribution in [0.25, 0.3) is 0 Å². The summed E-state index contributed by atoms with van der Waals surface area (Å²) in [6, 6.07) is 0. The van der Waals surface area contributed by atoms with Crippen molar-refractivity contribution in [3.63, 3.8) is 0 Å². The number of unbranched alkanes of at least 4 members (excludes halogenated alkanes) is 1. The highest BCUT2D eigenvalue weighted by molar-refractivity contribution is 4.57. The summed E-state index contributed by atoms with van der Waals surface area (Å²) in [6.07, 6.45) is 5.58. The van der Waals surface area contributed by atoms with Crippen LogP contribution in [0.4, 0.5) is 0 Å². The highest BCUT2D eigenvalue weighted by Crippen LogP contribution is 1.88. The van der Waals surface area contributed by atoms with Gasteiger partial charge in [-0.3, -0.25) is 4.68 Å². The first-order valence-corrected chi connectivity index (χ1v) is 5.54. The summed E-state index contributed by atoms with van der Waals surface area (Å²) in [5.41, 5.74) is 0. The quantitative estimate of drug-likeness (QED) is 0.612. The number of ether oxygens (including phenoxy) is 1. The normalized spacial score (nSPS) is 10.7. The predicted octanol–water partition coefficient (Wildman–Crippen LogP) is 0.684. The zero-order chi connectivity index (χ0) is 10.8. The van der Waals surface area contributed by atoms with Crippen LogP contribution in [0.15, 0.2) is 12.7 Å². The summed E-state index contributed by atoms with van der Waals surface area (Å²) in [5.74, 6) is 0. The van der Waals surface area contributed by atoms with E-state index in [2.05, 4.69) is 15.4 Å². The van der Waals surface area contributed by atoms with E-state index in [-0.39, 0.29) is 0 Å². The summed E-state index contributed by atoms with van der Waals surface area (Å²) < 4.78 is 7.08. The lowest BCUT2D eigenvalue weighted by molar-refractivity contribution is 0.143. The Bertz CT molecular complexity index is 225. The molecule has 1 heterocycles. The van der Waals surface area contributed by atoms with E-state index >= 15 is 0 Å². The molecule has 0 unspecified atom stereocenters. The molecular formula is C10H20N4O. The van der Waals surface area contributed by atoms with Gasteiger partial charge in [0.1, 0.15) is 12.7 Å². The predicted molar refractivity (Wildman–Crippen MR) is 58.6 cm³/mol. The second-order valence-corrected chi connectivity index (χ2v) is 3.31. The van der Waals surface area contributed by atoms with Crippen molar-refractivity contribution in [3.8, 4) is 0 Å². The lowest BCUT2D eigenvalue weighted by Crippen LogP contribution is -2.21. The summed E-state index contributed by atoms with van der Waals surface area (Å²) in [5, 5.41) is 7.38. The third-order valence-corrected chi connectivity index (χ3v) is 2.08. The molecule has 0 saturated heterocycles. The molecule has 86 valence electrons. The van der Waals surface area contributed by atoms with Crippen LogP contribution >= 0.6 is 0 Å². The van der Waals surface area contributed by atoms with Gasteiger partial charge < -0.3 is 10.1 Å². The number of aromatic nitrogens is 3. The summed E-state index contributed by atoms with van der Waals surface area (Å²) in [4.78, 5) is 3.88. The first kappa shape index (κ1) is 12.1. The smallest absolute Gasteiger partial charge is 0.137 e. The molecule has 0 saturated carbocycles. The van der Waals surface area contributed by atoms with Gasteiger partial charge >= 0.3 is 0 Å². The van der Waals surface area contributed by atoms with E-state index < -0.39 is 0 Å². The SMILES string of the molecule is CCOCCCCNCCn1cncn1. The number of nitrogens with one attached hydrogen (secondary N) is 1. The number of rotatable bonds is 9. The molecule has 1 aromatic rings. The molecule has 0 aliphatic rings. The molecule has 0 fully saturated rings. The fraction of sp³-hybridized carbons (Fsp3) is 0.800. The number of hydrogen-bond acceptors (Lipinski definition) is 4. The maximum absolute atomic E-state index is 5.25. The molecular weight excluding hydrogens is 192 g/mol. The van der Waals surface area contributed by atoms with E-state index in [9.17, 15) is 0 Å². The Morgan fingerprint density at radius 1 is 1.33 bits per heavy atom. The van der Waals surface area contributed by atoms with E-state index in [1.54, 1.807) is 12.7 Å². The maximum atomic E-state index is 5.25. The van der Waals surface area contributed by atoms with Crippen LogP contribution in [-0.2, 0) is 11.3 Å². The summed E-state index contributed by atoms with van der Waals surface area (Å²) in [7, 11) is 0. The lowest BCUT2D eigenvalue weighted by atomic mass is 10.3. The van der Waals surface area contributed by atoms with Gasteiger partial charge in [0.25, 0.3) is 0 Å². The van der Waals surface area contributed by atoms with Gasteiger partial charge in [0.2, 0.25) is 0 Å². The van der Waals surface area contributed by atoms with Gasteiger partial charge in [0.05, 0.1) is 6.54 Å². The molecule has 0 radical (unpaired) electrons. The molecule has 0 aromatic carbocycles. The molecule has 0 spiro atoms. The van der Waals surface area contributed by atoms with E-state index in [1.165, 1.54) is 0 Å². The van der Waals surface area contributed by atoms with Gasteiger partial charge in [-0.2, -0.15) is 5.10 Å². The van der Waals surface area contributed by atoms with E-state index in [1.807, 2.05) is 11.6 Å². The number of nitrogens with zero attached hydrogens (tertiary/aromatic N) is 3. The Hall–Kier alpha value is -0.940. The minimum atomic E-state index is 0.819. The highest BCUT2D eigenvalue weighted by Gasteiger charge is 1.91. The molecule has 1 rings (SSSR count). The average molecular weight is 212 g/mol. The largest absolute Gasteiger partial charge is 0.382 e. The third kappa shape index (κ3) is 6.19. The molecule has 0 bridgehead atoms. The Kier molecular flexibility index (Phi) is 6.77. The third-order valence-electron chi connectivity index (χ3n) is 2.08. The van der Waals surface area contributed by atoms with Crippen LogP contribution in [0.3, 0.4) is 0 Å². The van der Waals surface area contributed by atoms with E-state index in [4.69, 9.17) is 4.74 Å². The first-order chi connectivity index (χ1) is 7.43. The van der Waals surface area contributed by atoms with Crippen LogP contribution in [-0.4, -0.2) is 41.1 Å². The topological polar surface area (TPSA) is 52.0 Å². The zero-order valence-corrected chi connectivity index (χ0v) is 9.35. The van der Waals surface area contributed by atoms with Crippen molar-refractivity contribution in [1.82, 2.24) is 20.1 Å². The fourth-order valence-corrected chi connectivity index (χ4v) is 1.27. The van der Waals surface area contributed by atoms with Crippen molar-refractivity contribution in [3.05, 3.63) is 12.7 Å². The van der Waals surface area contributed by atoms with Crippen LogP contribution in [0.2, 0.25) is 0 Å². The standard InChI is InChI=1S/C10H20N4O/c1-2-15-8-4-3-5-11-6-7-14-10-12-9-13-14/h9-11H,2-8H2,1H3. The second-order valence-electron chi connectivity index (χ2n) is 3.31. The lowest BCUT2D eigenvalue weighted by Gasteiger charge is -2.04. The average Bonchev–Trinajstić information content (AvgIpc) is 2.75. The van der Waals surface area contributed by atoms with Crippen LogP contribution in [0.5, 0.6) is 0 Å². The first-order valence-electron chi connectivity index (χ1n) is 5.54. The Labute approximate surface area is 90.8 Å². The summed E-state index contributed by atoms with van der Waals surface area (Å²) in [6.45, 7) is 6.59. The molecule has 1 N–H and O–H groups in total. The van der Waals surface area contributed by atoms with Crippen molar-refractivity contribution < 1.29 is 4.74 Å². The molecule has 1 aromatic heterocycles. The molecule has 15 heavy (non-hydrogen) atoms. The molecule has 5 heteroatoms. The van der Waals surface area contributed by atoms with Crippen molar-refractivity contribution in [2.45, 2.75) is 26.3 Å². The van der Waals surface area contributed by atoms with Gasteiger partial charge in [-0.15, -0.1) is 0 Å². The van der Waals surface area contributed by atoms with Gasteiger partial charge in [0.15, 0.2) is 0 Å². The monoisotopic (exact) mass is 212 g/mol. The Morgan fingerprint density at radius 2 is 2.27 bits per heavy atom. The van der Waals surface area contributed by atoms with Gasteiger partial charge in [-0.25, -0.2) is 4.98 Å². The minimum Gasteiger partial charge on any atom is -0.382 e. The van der Waals surface area contributed by atoms with E-state index in [0.717, 1.165) is 45.7 Å². The van der Waals surface area contributed by atoms with Crippen molar-refractivity contribution in [2.24, 2.45) is 0 Å². The molecule has 0 amide bonds. The van der Waals surface area contributed by atoms with Gasteiger partial charge in [-0.05, 0) is 26.3 Å². The molecule has 0 aliphatic heterocycles. The van der Waals surface area contributed by atoms with Crippen molar-refractivity contribution in [1.29, 1.82) is 0 Å². The zero-order valence-electron chi connectivity index (χ0n) is 9.35. The molecule has 0 atom stereocenters. The van der Waals surface area contributed by atoms with Crippen LogP contribution < -0.4 is 5.32 Å². The van der Waals surface area contributed by atoms with Crippen LogP contribution in [0.1, 0.15) is 19.8 Å². The maximum Gasteiger partial charge on any atom is 0.137 e. The fourth-order valence-electron chi connectivity index (χ4n) is 1.27. The van der Waals surface area contributed by atoms with Gasteiger partial charge in [0, 0.05) is 19.8 Å². The summed E-state index contributed by atoms with van der Waals surface area (Å²) >= 11 is 0. The van der Waals surface area contributed by atoms with Crippen LogP contribution in [0, 0.1) is 0 Å². The Balaban J connectivity index is 1.81. The van der Waals surface area contributed by atoms with E-state index in [0.29, 0.717) is 0 Å². The second kappa shape index (κ2) is 8.38. The minimum absolute atomic E-state index is 0.819. The molecule has 5 nitrogen and oxygen atoms in total. The Morgan fingerprint density at radius 3 is 3.00 bits per heavy atom. The number of hydrogen-bond donors (Lipinski definition) is 1. The molecule has 0 aliphatic carbocycles. The van der Waals surface area contributed by atoms with Crippen molar-refractivity contribution >= 4 is 0 Å². The van der Waals surface area contributed by atoms with Crippen molar-refractivity contribution in [2.75, 3.05) is 26.3 Å². The highest BCUT2D eigenvalue weighted by atomic mass is 16.5. The van der Waals surface area contributed by atoms with Gasteiger partial charge in [-0.1, -0.05) is 0 Å².